The highest BCUT2D eigenvalue weighted by molar-refractivity contribution is 7.14. The Bertz CT molecular complexity index is 288. The maximum Gasteiger partial charge on any atom is 0.160 e. The third-order valence-electron chi connectivity index (χ3n) is 1.80. The van der Waals surface area contributed by atoms with Crippen molar-refractivity contribution in [2.75, 3.05) is 0 Å². The van der Waals surface area contributed by atoms with Crippen LogP contribution >= 0.6 is 22.9 Å². The summed E-state index contributed by atoms with van der Waals surface area (Å²) in [4.78, 5) is 12.3. The summed E-state index contributed by atoms with van der Waals surface area (Å²) < 4.78 is 0. The lowest BCUT2D eigenvalue weighted by atomic mass is 10.3. The first-order valence-electron chi connectivity index (χ1n) is 3.55. The normalized spacial score (nSPS) is 16.8. The van der Waals surface area contributed by atoms with Gasteiger partial charge in [0.15, 0.2) is 6.29 Å². The zero-order chi connectivity index (χ0) is 7.84. The Kier molecular flexibility index (Phi) is 1.74. The van der Waals surface area contributed by atoms with Crippen molar-refractivity contribution in [1.29, 1.82) is 0 Å². The quantitative estimate of drug-likeness (QED) is 0.649. The Morgan fingerprint density at radius 1 is 1.64 bits per heavy atom. The van der Waals surface area contributed by atoms with E-state index in [1.54, 1.807) is 6.07 Å². The van der Waals surface area contributed by atoms with Gasteiger partial charge in [-0.25, -0.2) is 0 Å². The summed E-state index contributed by atoms with van der Waals surface area (Å²) >= 11 is 7.44. The van der Waals surface area contributed by atoms with E-state index in [0.717, 1.165) is 16.2 Å². The molecular weight excluding hydrogens is 180 g/mol. The summed E-state index contributed by atoms with van der Waals surface area (Å²) in [5.74, 6) is 0.654. The Balaban J connectivity index is 2.37. The molecule has 1 heterocycles. The molecule has 1 fully saturated rings. The van der Waals surface area contributed by atoms with Crippen LogP contribution in [-0.4, -0.2) is 6.29 Å². The van der Waals surface area contributed by atoms with E-state index in [2.05, 4.69) is 0 Å². The summed E-state index contributed by atoms with van der Waals surface area (Å²) in [6.45, 7) is 0. The third kappa shape index (κ3) is 1.33. The first-order chi connectivity index (χ1) is 5.31. The summed E-state index contributed by atoms with van der Waals surface area (Å²) in [7, 11) is 0. The fraction of sp³-hybridized carbons (Fsp3) is 0.375. The van der Waals surface area contributed by atoms with Gasteiger partial charge >= 0.3 is 0 Å². The lowest BCUT2D eigenvalue weighted by Crippen LogP contribution is -1.67. The van der Waals surface area contributed by atoms with Gasteiger partial charge in [-0.2, -0.15) is 0 Å². The van der Waals surface area contributed by atoms with Crippen LogP contribution in [0.5, 0.6) is 0 Å². The first kappa shape index (κ1) is 7.32. The van der Waals surface area contributed by atoms with Crippen molar-refractivity contribution >= 4 is 29.2 Å². The Morgan fingerprint density at radius 3 is 2.82 bits per heavy atom. The number of hydrogen-bond acceptors (Lipinski definition) is 2. The van der Waals surface area contributed by atoms with Crippen LogP contribution in [0.3, 0.4) is 0 Å². The number of hydrogen-bond donors (Lipinski definition) is 0. The number of thiophene rings is 1. The fourth-order valence-electron chi connectivity index (χ4n) is 1.08. The molecule has 1 aliphatic rings. The first-order valence-corrected chi connectivity index (χ1v) is 4.75. The molecule has 0 aliphatic heterocycles. The maximum atomic E-state index is 10.4. The van der Waals surface area contributed by atoms with Crippen LogP contribution in [0.25, 0.3) is 0 Å². The molecule has 0 aromatic carbocycles. The van der Waals surface area contributed by atoms with Crippen LogP contribution in [0, 0.1) is 0 Å². The van der Waals surface area contributed by atoms with Crippen LogP contribution in [-0.2, 0) is 0 Å². The molecule has 0 amide bonds. The minimum absolute atomic E-state index is 0.654. The largest absolute Gasteiger partial charge is 0.297 e. The lowest BCUT2D eigenvalue weighted by molar-refractivity contribution is 0.112. The van der Waals surface area contributed by atoms with E-state index in [4.69, 9.17) is 11.6 Å². The van der Waals surface area contributed by atoms with Gasteiger partial charge in [0, 0.05) is 4.88 Å². The Labute approximate surface area is 74.0 Å². The molecule has 1 aromatic heterocycles. The topological polar surface area (TPSA) is 17.1 Å². The minimum atomic E-state index is 0.654. The van der Waals surface area contributed by atoms with E-state index in [1.165, 1.54) is 29.1 Å². The average Bonchev–Trinajstić information content (AvgIpc) is 2.76. The molecule has 11 heavy (non-hydrogen) atoms. The Morgan fingerprint density at radius 2 is 2.36 bits per heavy atom. The second-order valence-electron chi connectivity index (χ2n) is 2.75. The zero-order valence-corrected chi connectivity index (χ0v) is 7.41. The molecule has 0 saturated heterocycles. The molecule has 0 bridgehead atoms. The zero-order valence-electron chi connectivity index (χ0n) is 5.84. The molecule has 1 nitrogen and oxygen atoms in total. The van der Waals surface area contributed by atoms with E-state index in [1.807, 2.05) is 0 Å². The van der Waals surface area contributed by atoms with Crippen LogP contribution < -0.4 is 0 Å². The summed E-state index contributed by atoms with van der Waals surface area (Å²) in [5.41, 5.74) is 0. The smallest absolute Gasteiger partial charge is 0.160 e. The van der Waals surface area contributed by atoms with Gasteiger partial charge in [0.1, 0.15) is 0 Å². The van der Waals surface area contributed by atoms with E-state index in [0.29, 0.717) is 5.92 Å². The molecule has 0 spiro atoms. The summed E-state index contributed by atoms with van der Waals surface area (Å²) in [6.07, 6.45) is 3.33. The molecule has 1 aliphatic carbocycles. The number of halogens is 1. The number of carbonyl (C=O) groups excluding carboxylic acids is 1. The van der Waals surface area contributed by atoms with Crippen LogP contribution in [0.4, 0.5) is 0 Å². The molecule has 58 valence electrons. The van der Waals surface area contributed by atoms with Crippen LogP contribution in [0.15, 0.2) is 6.07 Å². The van der Waals surface area contributed by atoms with Crippen molar-refractivity contribution in [3.8, 4) is 0 Å². The molecular formula is C8H7ClOS. The van der Waals surface area contributed by atoms with Gasteiger partial charge in [-0.05, 0) is 24.8 Å². The van der Waals surface area contributed by atoms with Gasteiger partial charge in [-0.15, -0.1) is 11.3 Å². The maximum absolute atomic E-state index is 10.4. The van der Waals surface area contributed by atoms with Crippen molar-refractivity contribution < 1.29 is 4.79 Å². The second-order valence-corrected chi connectivity index (χ2v) is 4.28. The highest BCUT2D eigenvalue weighted by Gasteiger charge is 2.27. The van der Waals surface area contributed by atoms with E-state index >= 15 is 0 Å². The Hall–Kier alpha value is -0.340. The van der Waals surface area contributed by atoms with Crippen molar-refractivity contribution in [3.05, 3.63) is 20.8 Å². The molecule has 0 N–H and O–H groups in total. The number of carbonyl (C=O) groups is 1. The van der Waals surface area contributed by atoms with Gasteiger partial charge in [0.2, 0.25) is 0 Å². The standard InChI is InChI=1S/C8H7ClOS/c9-7-3-6(4-10)11-8(7)5-1-2-5/h3-5H,1-2H2. The number of aldehydes is 1. The predicted molar refractivity (Wildman–Crippen MR) is 46.7 cm³/mol. The van der Waals surface area contributed by atoms with Crippen molar-refractivity contribution in [2.45, 2.75) is 18.8 Å². The van der Waals surface area contributed by atoms with E-state index in [9.17, 15) is 4.79 Å². The van der Waals surface area contributed by atoms with Crippen LogP contribution in [0.2, 0.25) is 5.02 Å². The summed E-state index contributed by atoms with van der Waals surface area (Å²) in [6, 6.07) is 1.76. The van der Waals surface area contributed by atoms with E-state index in [-0.39, 0.29) is 0 Å². The fourth-order valence-corrected chi connectivity index (χ4v) is 2.57. The molecule has 0 atom stereocenters. The minimum Gasteiger partial charge on any atom is -0.297 e. The molecule has 1 saturated carbocycles. The van der Waals surface area contributed by atoms with Crippen molar-refractivity contribution in [2.24, 2.45) is 0 Å². The van der Waals surface area contributed by atoms with Gasteiger partial charge in [-0.1, -0.05) is 11.6 Å². The third-order valence-corrected chi connectivity index (χ3v) is 3.44. The van der Waals surface area contributed by atoms with Crippen LogP contribution in [0.1, 0.15) is 33.3 Å². The monoisotopic (exact) mass is 186 g/mol. The molecule has 3 heteroatoms. The molecule has 2 rings (SSSR count). The number of rotatable bonds is 2. The van der Waals surface area contributed by atoms with E-state index < -0.39 is 0 Å². The highest BCUT2D eigenvalue weighted by Crippen LogP contribution is 2.46. The van der Waals surface area contributed by atoms with Gasteiger partial charge in [-0.3, -0.25) is 4.79 Å². The van der Waals surface area contributed by atoms with Gasteiger partial charge in [0.05, 0.1) is 9.90 Å². The highest BCUT2D eigenvalue weighted by atomic mass is 35.5. The van der Waals surface area contributed by atoms with Crippen molar-refractivity contribution in [3.63, 3.8) is 0 Å². The molecule has 0 radical (unpaired) electrons. The predicted octanol–water partition coefficient (Wildman–Crippen LogP) is 3.09. The van der Waals surface area contributed by atoms with Crippen molar-refractivity contribution in [1.82, 2.24) is 0 Å². The van der Waals surface area contributed by atoms with Gasteiger partial charge in [0.25, 0.3) is 0 Å². The lowest BCUT2D eigenvalue weighted by Gasteiger charge is -1.88. The molecule has 1 aromatic rings. The molecule has 0 unspecified atom stereocenters. The summed E-state index contributed by atoms with van der Waals surface area (Å²) in [5, 5.41) is 0.777. The van der Waals surface area contributed by atoms with Gasteiger partial charge < -0.3 is 0 Å². The SMILES string of the molecule is O=Cc1cc(Cl)c(C2CC2)s1. The average molecular weight is 187 g/mol. The second kappa shape index (κ2) is 2.61.